The van der Waals surface area contributed by atoms with Gasteiger partial charge in [0.25, 0.3) is 0 Å². The van der Waals surface area contributed by atoms with Gasteiger partial charge in [0.1, 0.15) is 11.9 Å². The molecule has 0 atom stereocenters. The van der Waals surface area contributed by atoms with E-state index < -0.39 is 4.92 Å². The third kappa shape index (κ3) is 2.89. The molecule has 0 saturated heterocycles. The van der Waals surface area contributed by atoms with E-state index in [2.05, 4.69) is 4.98 Å². The number of rotatable bonds is 5. The smallest absolute Gasteiger partial charge is 0.342 e. The van der Waals surface area contributed by atoms with Crippen LogP contribution in [0.25, 0.3) is 0 Å². The van der Waals surface area contributed by atoms with E-state index in [-0.39, 0.29) is 19.0 Å². The summed E-state index contributed by atoms with van der Waals surface area (Å²) in [6, 6.07) is 5.12. The molecule has 0 radical (unpaired) electrons. The van der Waals surface area contributed by atoms with Crippen LogP contribution >= 0.6 is 11.6 Å². The van der Waals surface area contributed by atoms with E-state index in [0.717, 1.165) is 5.56 Å². The van der Waals surface area contributed by atoms with Gasteiger partial charge in [0.05, 0.1) is 7.05 Å². The van der Waals surface area contributed by atoms with Gasteiger partial charge in [-0.15, -0.1) is 0 Å². The van der Waals surface area contributed by atoms with Gasteiger partial charge in [0, 0.05) is 17.1 Å². The number of benzene rings is 1. The summed E-state index contributed by atoms with van der Waals surface area (Å²) >= 11 is 5.87. The quantitative estimate of drug-likeness (QED) is 0.672. The van der Waals surface area contributed by atoms with Gasteiger partial charge in [-0.1, -0.05) is 11.6 Å². The number of aromatic nitrogens is 2. The molecule has 7 nitrogen and oxygen atoms in total. The van der Waals surface area contributed by atoms with E-state index in [9.17, 15) is 10.1 Å². The van der Waals surface area contributed by atoms with E-state index in [1.54, 1.807) is 25.2 Å². The second-order valence-electron chi connectivity index (χ2n) is 4.09. The van der Waals surface area contributed by atoms with Crippen LogP contribution in [0.2, 0.25) is 5.02 Å². The van der Waals surface area contributed by atoms with Crippen LogP contribution in [0.15, 0.2) is 24.4 Å². The minimum absolute atomic E-state index is 0.0845. The lowest BCUT2D eigenvalue weighted by Gasteiger charge is -2.09. The number of imidazole rings is 1. The fraction of sp³-hybridized carbons (Fsp3) is 0.250. The molecule has 0 aliphatic heterocycles. The first-order valence-corrected chi connectivity index (χ1v) is 6.17. The van der Waals surface area contributed by atoms with Crippen molar-refractivity contribution in [1.29, 1.82) is 0 Å². The topological polar surface area (TPSA) is 96.2 Å². The van der Waals surface area contributed by atoms with E-state index in [4.69, 9.17) is 22.1 Å². The third-order valence-corrected chi connectivity index (χ3v) is 3.08. The zero-order valence-electron chi connectivity index (χ0n) is 10.7. The lowest BCUT2D eigenvalue weighted by molar-refractivity contribution is -0.391. The number of ether oxygens (including phenoxy) is 1. The highest BCUT2D eigenvalue weighted by Crippen LogP contribution is 2.23. The van der Waals surface area contributed by atoms with Crippen molar-refractivity contribution in [2.45, 2.75) is 13.2 Å². The lowest BCUT2D eigenvalue weighted by Crippen LogP contribution is -2.07. The Labute approximate surface area is 120 Å². The van der Waals surface area contributed by atoms with Gasteiger partial charge in [-0.3, -0.25) is 0 Å². The zero-order valence-corrected chi connectivity index (χ0v) is 11.5. The first-order chi connectivity index (χ1) is 9.52. The predicted octanol–water partition coefficient (Wildman–Crippen LogP) is 2.02. The predicted molar refractivity (Wildman–Crippen MR) is 73.5 cm³/mol. The van der Waals surface area contributed by atoms with Crippen molar-refractivity contribution < 1.29 is 9.66 Å². The number of nitrogens with zero attached hydrogens (tertiary/aromatic N) is 3. The monoisotopic (exact) mass is 296 g/mol. The van der Waals surface area contributed by atoms with Gasteiger partial charge in [0.15, 0.2) is 6.61 Å². The van der Waals surface area contributed by atoms with Crippen LogP contribution in [0.5, 0.6) is 5.75 Å². The minimum atomic E-state index is -0.496. The summed E-state index contributed by atoms with van der Waals surface area (Å²) in [5, 5.41) is 11.3. The van der Waals surface area contributed by atoms with Crippen LogP contribution in [0.1, 0.15) is 11.4 Å². The van der Waals surface area contributed by atoms with Crippen LogP contribution in [0.3, 0.4) is 0 Å². The first-order valence-electron chi connectivity index (χ1n) is 5.79. The molecule has 0 unspecified atom stereocenters. The second kappa shape index (κ2) is 5.89. The van der Waals surface area contributed by atoms with Crippen LogP contribution in [0.4, 0.5) is 5.82 Å². The number of nitrogens with two attached hydrogens (primary N) is 1. The van der Waals surface area contributed by atoms with Crippen LogP contribution < -0.4 is 10.5 Å². The molecule has 2 rings (SSSR count). The van der Waals surface area contributed by atoms with Crippen LogP contribution in [-0.2, 0) is 20.2 Å². The van der Waals surface area contributed by atoms with Crippen molar-refractivity contribution in [3.8, 4) is 5.75 Å². The Kier molecular flexibility index (Phi) is 4.21. The zero-order chi connectivity index (χ0) is 14.7. The highest BCUT2D eigenvalue weighted by molar-refractivity contribution is 6.30. The van der Waals surface area contributed by atoms with E-state index in [1.165, 1.54) is 10.8 Å². The largest absolute Gasteiger partial charge is 0.483 e. The summed E-state index contributed by atoms with van der Waals surface area (Å²) in [5.41, 5.74) is 6.38. The fourth-order valence-corrected chi connectivity index (χ4v) is 1.93. The number of nitro groups is 1. The van der Waals surface area contributed by atoms with E-state index >= 15 is 0 Å². The van der Waals surface area contributed by atoms with Gasteiger partial charge >= 0.3 is 5.82 Å². The highest BCUT2D eigenvalue weighted by atomic mass is 35.5. The normalized spacial score (nSPS) is 10.6. The van der Waals surface area contributed by atoms with Crippen LogP contribution in [0, 0.1) is 10.1 Å². The SMILES string of the molecule is Cn1c([N+](=O)[O-])cnc1COc1ccc(Cl)cc1CN. The maximum Gasteiger partial charge on any atom is 0.342 e. The summed E-state index contributed by atoms with van der Waals surface area (Å²) in [6.45, 7) is 0.398. The maximum absolute atomic E-state index is 10.7. The van der Waals surface area contributed by atoms with Crippen molar-refractivity contribution in [2.24, 2.45) is 12.8 Å². The van der Waals surface area contributed by atoms with E-state index in [0.29, 0.717) is 16.6 Å². The number of hydrogen-bond donors (Lipinski definition) is 1. The average Bonchev–Trinajstić information content (AvgIpc) is 2.78. The summed E-state index contributed by atoms with van der Waals surface area (Å²) in [4.78, 5) is 14.2. The Morgan fingerprint density at radius 2 is 2.30 bits per heavy atom. The molecular weight excluding hydrogens is 284 g/mol. The highest BCUT2D eigenvalue weighted by Gasteiger charge is 2.17. The number of hydrogen-bond acceptors (Lipinski definition) is 5. The third-order valence-electron chi connectivity index (χ3n) is 2.85. The van der Waals surface area contributed by atoms with Crippen molar-refractivity contribution in [3.63, 3.8) is 0 Å². The Bertz CT molecular complexity index is 642. The molecule has 0 spiro atoms. The molecule has 1 aromatic carbocycles. The second-order valence-corrected chi connectivity index (χ2v) is 4.53. The minimum Gasteiger partial charge on any atom is -0.483 e. The maximum atomic E-state index is 10.7. The Hall–Kier alpha value is -2.12. The van der Waals surface area contributed by atoms with Gasteiger partial charge in [0.2, 0.25) is 5.82 Å². The molecule has 0 fully saturated rings. The van der Waals surface area contributed by atoms with Gasteiger partial charge in [-0.25, -0.2) is 9.55 Å². The van der Waals surface area contributed by atoms with Crippen molar-refractivity contribution in [1.82, 2.24) is 9.55 Å². The molecule has 8 heteroatoms. The number of halogens is 1. The summed E-state index contributed by atoms with van der Waals surface area (Å²) in [7, 11) is 1.57. The Morgan fingerprint density at radius 3 is 2.90 bits per heavy atom. The molecule has 2 N–H and O–H groups in total. The molecule has 0 aliphatic carbocycles. The van der Waals surface area contributed by atoms with Crippen molar-refractivity contribution in [3.05, 3.63) is 50.9 Å². The van der Waals surface area contributed by atoms with Gasteiger partial charge in [-0.05, 0) is 23.1 Å². The molecule has 0 amide bonds. The summed E-state index contributed by atoms with van der Waals surface area (Å²) < 4.78 is 6.97. The molecule has 0 bridgehead atoms. The lowest BCUT2D eigenvalue weighted by atomic mass is 10.2. The van der Waals surface area contributed by atoms with Crippen molar-refractivity contribution in [2.75, 3.05) is 0 Å². The summed E-state index contributed by atoms with van der Waals surface area (Å²) in [5.74, 6) is 0.955. The van der Waals surface area contributed by atoms with Gasteiger partial charge < -0.3 is 20.6 Å². The Balaban J connectivity index is 2.15. The molecule has 106 valence electrons. The average molecular weight is 297 g/mol. The van der Waals surface area contributed by atoms with E-state index in [1.807, 2.05) is 0 Å². The van der Waals surface area contributed by atoms with Crippen LogP contribution in [-0.4, -0.2) is 14.5 Å². The van der Waals surface area contributed by atoms with Gasteiger partial charge in [-0.2, -0.15) is 0 Å². The molecule has 0 aliphatic rings. The molecule has 1 aromatic heterocycles. The Morgan fingerprint density at radius 1 is 1.55 bits per heavy atom. The molecule has 2 aromatic rings. The summed E-state index contributed by atoms with van der Waals surface area (Å²) in [6.07, 6.45) is 1.20. The molecular formula is C12H13ClN4O3. The first kappa shape index (κ1) is 14.3. The molecule has 0 saturated carbocycles. The standard InChI is InChI=1S/C12H13ClN4O3/c1-16-11(15-6-12(16)17(18)19)7-20-10-3-2-9(13)4-8(10)5-14/h2-4,6H,5,7,14H2,1H3. The molecule has 20 heavy (non-hydrogen) atoms. The van der Waals surface area contributed by atoms with Crippen molar-refractivity contribution >= 4 is 17.4 Å². The fourth-order valence-electron chi connectivity index (χ4n) is 1.73. The molecule has 1 heterocycles.